The van der Waals surface area contributed by atoms with Gasteiger partial charge in [0.25, 0.3) is 5.89 Å². The molecule has 0 N–H and O–H groups in total. The van der Waals surface area contributed by atoms with Gasteiger partial charge in [-0.3, -0.25) is 4.79 Å². The number of hydrogen-bond acceptors (Lipinski definition) is 7. The maximum Gasteiger partial charge on any atom is 0.451 e. The first-order valence-corrected chi connectivity index (χ1v) is 8.64. The van der Waals surface area contributed by atoms with E-state index in [-0.39, 0.29) is 50.5 Å². The number of ether oxygens (including phenoxy) is 1. The molecule has 29 heavy (non-hydrogen) atoms. The first-order valence-electron chi connectivity index (χ1n) is 8.64. The van der Waals surface area contributed by atoms with Crippen LogP contribution in [0.1, 0.15) is 17.5 Å². The molecule has 0 saturated carbocycles. The Bertz CT molecular complexity index is 1000. The number of rotatable bonds is 5. The molecular formula is C17H15F3N6O3. The summed E-state index contributed by atoms with van der Waals surface area (Å²) in [5.74, 6) is -0.727. The van der Waals surface area contributed by atoms with Gasteiger partial charge in [-0.05, 0) is 0 Å². The Morgan fingerprint density at radius 2 is 1.97 bits per heavy atom. The van der Waals surface area contributed by atoms with Crippen LogP contribution in [0.2, 0.25) is 0 Å². The van der Waals surface area contributed by atoms with Gasteiger partial charge in [-0.15, -0.1) is 10.2 Å². The zero-order valence-electron chi connectivity index (χ0n) is 15.0. The monoisotopic (exact) mass is 408 g/mol. The van der Waals surface area contributed by atoms with Crippen molar-refractivity contribution in [2.45, 2.75) is 25.9 Å². The van der Waals surface area contributed by atoms with Crippen molar-refractivity contribution in [1.29, 1.82) is 0 Å². The van der Waals surface area contributed by atoms with Crippen LogP contribution in [0.5, 0.6) is 0 Å². The Balaban J connectivity index is 1.30. The average Bonchev–Trinajstić information content (AvgIpc) is 3.35. The minimum absolute atomic E-state index is 0.0347. The normalized spacial score (nSPS) is 14.1. The van der Waals surface area contributed by atoms with Gasteiger partial charge in [0.2, 0.25) is 17.6 Å². The van der Waals surface area contributed by atoms with Gasteiger partial charge in [-0.25, -0.2) is 0 Å². The molecule has 0 radical (unpaired) electrons. The van der Waals surface area contributed by atoms with Crippen LogP contribution in [0, 0.1) is 0 Å². The number of alkyl halides is 3. The number of fused-ring (bicyclic) bond motifs is 1. The summed E-state index contributed by atoms with van der Waals surface area (Å²) in [5.41, 5.74) is 0.786. The Morgan fingerprint density at radius 1 is 1.17 bits per heavy atom. The predicted molar refractivity (Wildman–Crippen MR) is 89.8 cm³/mol. The van der Waals surface area contributed by atoms with Crippen molar-refractivity contribution in [1.82, 2.24) is 29.8 Å². The second-order valence-corrected chi connectivity index (χ2v) is 6.28. The number of amides is 1. The zero-order valence-corrected chi connectivity index (χ0v) is 15.0. The lowest BCUT2D eigenvalue weighted by Crippen LogP contribution is -2.41. The summed E-state index contributed by atoms with van der Waals surface area (Å²) in [6.07, 6.45) is -4.58. The van der Waals surface area contributed by atoms with Crippen LogP contribution >= 0.6 is 0 Å². The summed E-state index contributed by atoms with van der Waals surface area (Å²) in [7, 11) is 0. The number of nitrogens with zero attached hydrogens (tertiary/aromatic N) is 6. The predicted octanol–water partition coefficient (Wildman–Crippen LogP) is 1.91. The summed E-state index contributed by atoms with van der Waals surface area (Å²) in [5, 5.41) is 10.6. The summed E-state index contributed by atoms with van der Waals surface area (Å²) < 4.78 is 50.0. The van der Waals surface area contributed by atoms with Gasteiger partial charge in [0.15, 0.2) is 5.82 Å². The Labute approximate surface area is 162 Å². The first kappa shape index (κ1) is 19.1. The van der Waals surface area contributed by atoms with Crippen LogP contribution in [0.25, 0.3) is 11.4 Å². The topological polar surface area (TPSA) is 99.2 Å². The number of halogens is 3. The molecule has 3 aromatic rings. The highest BCUT2D eigenvalue weighted by Gasteiger charge is 2.39. The van der Waals surface area contributed by atoms with Crippen molar-refractivity contribution in [2.75, 3.05) is 13.2 Å². The lowest BCUT2D eigenvalue weighted by atomic mass is 10.2. The fourth-order valence-electron chi connectivity index (χ4n) is 2.92. The molecule has 0 unspecified atom stereocenters. The number of hydrogen-bond donors (Lipinski definition) is 0. The van der Waals surface area contributed by atoms with E-state index in [0.717, 1.165) is 10.1 Å². The van der Waals surface area contributed by atoms with E-state index in [0.29, 0.717) is 5.82 Å². The highest BCUT2D eigenvalue weighted by Crippen LogP contribution is 2.29. The molecule has 1 aliphatic rings. The SMILES string of the molecule is O=C(COCc1nc(-c2ccccc2)no1)N1CCn2c(nnc2C(F)(F)F)C1. The number of carbonyl (C=O) groups is 1. The number of benzene rings is 1. The molecular weight excluding hydrogens is 393 g/mol. The Kier molecular flexibility index (Phi) is 5.01. The van der Waals surface area contributed by atoms with Crippen LogP contribution in [0.15, 0.2) is 34.9 Å². The maximum atomic E-state index is 12.9. The fraction of sp³-hybridized carbons (Fsp3) is 0.353. The number of carbonyl (C=O) groups excluding carboxylic acids is 1. The van der Waals surface area contributed by atoms with Crippen molar-refractivity contribution in [3.8, 4) is 11.4 Å². The number of aromatic nitrogens is 5. The molecule has 0 fully saturated rings. The molecule has 12 heteroatoms. The molecule has 0 aliphatic carbocycles. The molecule has 0 saturated heterocycles. The van der Waals surface area contributed by atoms with Gasteiger partial charge in [0, 0.05) is 18.7 Å². The molecule has 1 aromatic carbocycles. The maximum absolute atomic E-state index is 12.9. The minimum atomic E-state index is -4.58. The summed E-state index contributed by atoms with van der Waals surface area (Å²) >= 11 is 0. The van der Waals surface area contributed by atoms with Gasteiger partial charge in [-0.1, -0.05) is 35.5 Å². The first-order chi connectivity index (χ1) is 13.9. The van der Waals surface area contributed by atoms with Gasteiger partial charge in [0.05, 0.1) is 6.54 Å². The van der Waals surface area contributed by atoms with Crippen LogP contribution in [-0.4, -0.2) is 48.9 Å². The molecule has 4 rings (SSSR count). The van der Waals surface area contributed by atoms with Crippen LogP contribution in [-0.2, 0) is 35.4 Å². The van der Waals surface area contributed by atoms with Crippen LogP contribution in [0.4, 0.5) is 13.2 Å². The van der Waals surface area contributed by atoms with Crippen molar-refractivity contribution in [3.05, 3.63) is 47.9 Å². The zero-order chi connectivity index (χ0) is 20.4. The highest BCUT2D eigenvalue weighted by atomic mass is 19.4. The standard InChI is InChI=1S/C17H15F3N6O3/c18-17(19,20)16-23-22-12-8-25(6-7-26(12)16)14(27)10-28-9-13-21-15(24-29-13)11-4-2-1-3-5-11/h1-5H,6-10H2. The molecule has 3 heterocycles. The van der Waals surface area contributed by atoms with Gasteiger partial charge >= 0.3 is 6.18 Å². The third-order valence-electron chi connectivity index (χ3n) is 4.31. The molecule has 0 atom stereocenters. The largest absolute Gasteiger partial charge is 0.451 e. The molecule has 1 aliphatic heterocycles. The molecule has 0 spiro atoms. The minimum Gasteiger partial charge on any atom is -0.362 e. The fourth-order valence-corrected chi connectivity index (χ4v) is 2.92. The second kappa shape index (κ2) is 7.62. The second-order valence-electron chi connectivity index (χ2n) is 6.28. The van der Waals surface area contributed by atoms with E-state index < -0.39 is 12.0 Å². The Hall–Kier alpha value is -3.28. The molecule has 0 bridgehead atoms. The summed E-state index contributed by atoms with van der Waals surface area (Å²) in [6, 6.07) is 9.22. The van der Waals surface area contributed by atoms with Gasteiger partial charge in [0.1, 0.15) is 13.2 Å². The van der Waals surface area contributed by atoms with E-state index in [2.05, 4.69) is 20.3 Å². The smallest absolute Gasteiger partial charge is 0.362 e. The van der Waals surface area contributed by atoms with Gasteiger partial charge in [-0.2, -0.15) is 18.2 Å². The van der Waals surface area contributed by atoms with E-state index in [4.69, 9.17) is 9.26 Å². The molecule has 2 aromatic heterocycles. The van der Waals surface area contributed by atoms with Crippen molar-refractivity contribution >= 4 is 5.91 Å². The average molecular weight is 408 g/mol. The lowest BCUT2D eigenvalue weighted by molar-refractivity contribution is -0.148. The quantitative estimate of drug-likeness (QED) is 0.636. The van der Waals surface area contributed by atoms with Crippen LogP contribution < -0.4 is 0 Å². The van der Waals surface area contributed by atoms with E-state index in [1.165, 1.54) is 4.90 Å². The summed E-state index contributed by atoms with van der Waals surface area (Å²) in [4.78, 5) is 17.8. The molecule has 1 amide bonds. The van der Waals surface area contributed by atoms with E-state index >= 15 is 0 Å². The van der Waals surface area contributed by atoms with Crippen molar-refractivity contribution in [2.24, 2.45) is 0 Å². The highest BCUT2D eigenvalue weighted by molar-refractivity contribution is 5.77. The van der Waals surface area contributed by atoms with Crippen LogP contribution in [0.3, 0.4) is 0 Å². The summed E-state index contributed by atoms with van der Waals surface area (Å²) in [6.45, 7) is -0.330. The van der Waals surface area contributed by atoms with Crippen molar-refractivity contribution < 1.29 is 27.2 Å². The third-order valence-corrected chi connectivity index (χ3v) is 4.31. The lowest BCUT2D eigenvalue weighted by Gasteiger charge is -2.27. The molecule has 9 nitrogen and oxygen atoms in total. The van der Waals surface area contributed by atoms with E-state index in [1.807, 2.05) is 30.3 Å². The van der Waals surface area contributed by atoms with Gasteiger partial charge < -0.3 is 18.7 Å². The molecule has 152 valence electrons. The van der Waals surface area contributed by atoms with E-state index in [1.54, 1.807) is 0 Å². The third kappa shape index (κ3) is 4.11. The Morgan fingerprint density at radius 3 is 2.72 bits per heavy atom. The van der Waals surface area contributed by atoms with Crippen molar-refractivity contribution in [3.63, 3.8) is 0 Å². The van der Waals surface area contributed by atoms with E-state index in [9.17, 15) is 18.0 Å².